The van der Waals surface area contributed by atoms with Crippen LogP contribution >= 0.6 is 0 Å². The Bertz CT molecular complexity index is 636. The number of para-hydroxylation sites is 1. The molecule has 1 aromatic heterocycles. The third-order valence-corrected chi connectivity index (χ3v) is 3.03. The van der Waals surface area contributed by atoms with Crippen molar-refractivity contribution in [3.05, 3.63) is 59.4 Å². The lowest BCUT2D eigenvalue weighted by atomic mass is 9.86. The summed E-state index contributed by atoms with van der Waals surface area (Å²) in [5.74, 6) is 0.885. The second-order valence-corrected chi connectivity index (χ2v) is 5.70. The Hall–Kier alpha value is -2.34. The molecule has 0 spiro atoms. The number of ether oxygens (including phenoxy) is 1. The Kier molecular flexibility index (Phi) is 4.05. The van der Waals surface area contributed by atoms with E-state index >= 15 is 0 Å². The molecule has 1 heterocycles. The number of hydrogen-bond acceptors (Lipinski definition) is 3. The van der Waals surface area contributed by atoms with Gasteiger partial charge in [0.1, 0.15) is 24.1 Å². The molecule has 3 nitrogen and oxygen atoms in total. The summed E-state index contributed by atoms with van der Waals surface area (Å²) in [5, 5.41) is 8.84. The van der Waals surface area contributed by atoms with Gasteiger partial charge >= 0.3 is 0 Å². The summed E-state index contributed by atoms with van der Waals surface area (Å²) in [6.07, 6.45) is 1.63. The van der Waals surface area contributed by atoms with E-state index in [9.17, 15) is 0 Å². The van der Waals surface area contributed by atoms with E-state index in [4.69, 9.17) is 10.00 Å². The second-order valence-electron chi connectivity index (χ2n) is 5.70. The molecule has 102 valence electrons. The third-order valence-electron chi connectivity index (χ3n) is 3.03. The van der Waals surface area contributed by atoms with Crippen LogP contribution in [0.1, 0.15) is 37.6 Å². The number of nitrogens with zero attached hydrogens (tertiary/aromatic N) is 2. The van der Waals surface area contributed by atoms with Crippen LogP contribution in [0.5, 0.6) is 5.75 Å². The van der Waals surface area contributed by atoms with Gasteiger partial charge in [-0.05, 0) is 34.7 Å². The number of rotatable bonds is 3. The lowest BCUT2D eigenvalue weighted by Gasteiger charge is -2.22. The lowest BCUT2D eigenvalue weighted by Crippen LogP contribution is -2.13. The molecule has 3 heteroatoms. The molecule has 20 heavy (non-hydrogen) atoms. The maximum Gasteiger partial charge on any atom is 0.140 e. The van der Waals surface area contributed by atoms with Crippen molar-refractivity contribution in [2.75, 3.05) is 0 Å². The molecule has 1 aromatic carbocycles. The van der Waals surface area contributed by atoms with Gasteiger partial charge in [-0.25, -0.2) is 4.98 Å². The van der Waals surface area contributed by atoms with E-state index in [0.717, 1.165) is 11.3 Å². The summed E-state index contributed by atoms with van der Waals surface area (Å²) in [7, 11) is 0. The molecule has 0 aliphatic heterocycles. The molecule has 0 fully saturated rings. The quantitative estimate of drug-likeness (QED) is 0.848. The van der Waals surface area contributed by atoms with Crippen molar-refractivity contribution in [2.45, 2.75) is 32.8 Å². The highest BCUT2D eigenvalue weighted by atomic mass is 16.5. The van der Waals surface area contributed by atoms with Gasteiger partial charge in [0.15, 0.2) is 0 Å². The normalized spacial score (nSPS) is 10.9. The van der Waals surface area contributed by atoms with Gasteiger partial charge in [-0.1, -0.05) is 39.0 Å². The van der Waals surface area contributed by atoms with Gasteiger partial charge < -0.3 is 4.74 Å². The van der Waals surface area contributed by atoms with E-state index in [-0.39, 0.29) is 5.41 Å². The highest BCUT2D eigenvalue weighted by Crippen LogP contribution is 2.31. The largest absolute Gasteiger partial charge is 0.489 e. The van der Waals surface area contributed by atoms with Crippen molar-refractivity contribution >= 4 is 0 Å². The molecular weight excluding hydrogens is 248 g/mol. The van der Waals surface area contributed by atoms with Crippen molar-refractivity contribution in [1.82, 2.24) is 4.98 Å². The maximum absolute atomic E-state index is 8.84. The number of pyridine rings is 1. The first-order valence-corrected chi connectivity index (χ1v) is 6.58. The zero-order chi connectivity index (χ0) is 14.6. The molecule has 2 aromatic rings. The van der Waals surface area contributed by atoms with E-state index in [2.05, 4.69) is 31.8 Å². The van der Waals surface area contributed by atoms with Crippen molar-refractivity contribution < 1.29 is 4.74 Å². The summed E-state index contributed by atoms with van der Waals surface area (Å²) in [5.41, 5.74) is 2.57. The molecule has 0 saturated carbocycles. The molecule has 0 N–H and O–H groups in total. The van der Waals surface area contributed by atoms with E-state index in [1.807, 2.05) is 30.3 Å². The number of benzene rings is 1. The van der Waals surface area contributed by atoms with Crippen LogP contribution in [-0.2, 0) is 12.0 Å². The minimum absolute atomic E-state index is 0.0344. The van der Waals surface area contributed by atoms with E-state index in [1.165, 1.54) is 5.56 Å². The fraction of sp³-hybridized carbons (Fsp3) is 0.294. The SMILES string of the molecule is CC(C)(C)c1ccccc1OCc1ccnc(C#N)c1. The first kappa shape index (κ1) is 14.1. The molecule has 2 rings (SSSR count). The fourth-order valence-corrected chi connectivity index (χ4v) is 2.00. The van der Waals surface area contributed by atoms with Crippen LogP contribution in [0.4, 0.5) is 0 Å². The summed E-state index contributed by atoms with van der Waals surface area (Å²) < 4.78 is 5.91. The standard InChI is InChI=1S/C17H18N2O/c1-17(2,3)15-6-4-5-7-16(15)20-12-13-8-9-19-14(10-13)11-18/h4-10H,12H2,1-3H3. The Balaban J connectivity index is 2.17. The van der Waals surface area contributed by atoms with Gasteiger partial charge in [0, 0.05) is 6.20 Å². The Morgan fingerprint density at radius 1 is 1.20 bits per heavy atom. The summed E-state index contributed by atoms with van der Waals surface area (Å²) >= 11 is 0. The van der Waals surface area contributed by atoms with Gasteiger partial charge in [0.2, 0.25) is 0 Å². The molecule has 0 unspecified atom stereocenters. The van der Waals surface area contributed by atoms with E-state index < -0.39 is 0 Å². The van der Waals surface area contributed by atoms with Crippen LogP contribution in [0.25, 0.3) is 0 Å². The zero-order valence-electron chi connectivity index (χ0n) is 12.1. The predicted molar refractivity (Wildman–Crippen MR) is 78.4 cm³/mol. The average molecular weight is 266 g/mol. The first-order valence-electron chi connectivity index (χ1n) is 6.58. The molecule has 0 aliphatic carbocycles. The number of hydrogen-bond donors (Lipinski definition) is 0. The van der Waals surface area contributed by atoms with Crippen LogP contribution in [0, 0.1) is 11.3 Å². The van der Waals surface area contributed by atoms with Crippen molar-refractivity contribution in [2.24, 2.45) is 0 Å². The maximum atomic E-state index is 8.84. The first-order chi connectivity index (χ1) is 9.50. The van der Waals surface area contributed by atoms with Crippen LogP contribution in [0.15, 0.2) is 42.6 Å². The Morgan fingerprint density at radius 2 is 1.95 bits per heavy atom. The van der Waals surface area contributed by atoms with Crippen LogP contribution in [-0.4, -0.2) is 4.98 Å². The van der Waals surface area contributed by atoms with Crippen LogP contribution in [0.3, 0.4) is 0 Å². The van der Waals surface area contributed by atoms with Gasteiger partial charge in [-0.2, -0.15) is 5.26 Å². The van der Waals surface area contributed by atoms with Crippen LogP contribution in [0.2, 0.25) is 0 Å². The highest BCUT2D eigenvalue weighted by Gasteiger charge is 2.18. The molecule has 0 radical (unpaired) electrons. The van der Waals surface area contributed by atoms with Gasteiger partial charge in [0.05, 0.1) is 0 Å². The van der Waals surface area contributed by atoms with Gasteiger partial charge in [-0.15, -0.1) is 0 Å². The summed E-state index contributed by atoms with van der Waals surface area (Å²) in [6.45, 7) is 6.92. The Labute approximate surface area is 119 Å². The molecule has 0 atom stereocenters. The Morgan fingerprint density at radius 3 is 2.65 bits per heavy atom. The minimum atomic E-state index is 0.0344. The lowest BCUT2D eigenvalue weighted by molar-refractivity contribution is 0.297. The summed E-state index contributed by atoms with van der Waals surface area (Å²) in [6, 6.07) is 13.7. The number of nitriles is 1. The topological polar surface area (TPSA) is 45.9 Å². The van der Waals surface area contributed by atoms with Crippen molar-refractivity contribution in [1.29, 1.82) is 5.26 Å². The smallest absolute Gasteiger partial charge is 0.140 e. The molecule has 0 amide bonds. The van der Waals surface area contributed by atoms with Crippen LogP contribution < -0.4 is 4.74 Å². The summed E-state index contributed by atoms with van der Waals surface area (Å²) in [4.78, 5) is 3.95. The monoisotopic (exact) mass is 266 g/mol. The van der Waals surface area contributed by atoms with E-state index in [0.29, 0.717) is 12.3 Å². The second kappa shape index (κ2) is 5.75. The molecule has 0 saturated heterocycles. The van der Waals surface area contributed by atoms with Gasteiger partial charge in [0.25, 0.3) is 0 Å². The average Bonchev–Trinajstić information content (AvgIpc) is 2.44. The molecule has 0 bridgehead atoms. The van der Waals surface area contributed by atoms with Crippen molar-refractivity contribution in [3.63, 3.8) is 0 Å². The predicted octanol–water partition coefficient (Wildman–Crippen LogP) is 3.83. The molecule has 0 aliphatic rings. The van der Waals surface area contributed by atoms with Crippen molar-refractivity contribution in [3.8, 4) is 11.8 Å². The third kappa shape index (κ3) is 3.36. The zero-order valence-corrected chi connectivity index (χ0v) is 12.1. The van der Waals surface area contributed by atoms with Gasteiger partial charge in [-0.3, -0.25) is 0 Å². The highest BCUT2D eigenvalue weighted by molar-refractivity contribution is 5.38. The fourth-order valence-electron chi connectivity index (χ4n) is 2.00. The number of aromatic nitrogens is 1. The van der Waals surface area contributed by atoms with E-state index in [1.54, 1.807) is 12.3 Å². The minimum Gasteiger partial charge on any atom is -0.489 e. The molecular formula is C17H18N2O.